The lowest BCUT2D eigenvalue weighted by atomic mass is 10.1. The van der Waals surface area contributed by atoms with Crippen LogP contribution in [0.1, 0.15) is 23.0 Å². The first-order valence-corrected chi connectivity index (χ1v) is 7.97. The second-order valence-electron chi connectivity index (χ2n) is 5.65. The van der Waals surface area contributed by atoms with Gasteiger partial charge in [-0.15, -0.1) is 0 Å². The Bertz CT molecular complexity index is 767. The number of rotatable bonds is 7. The van der Waals surface area contributed by atoms with Crippen molar-refractivity contribution >= 4 is 6.03 Å². The molecular weight excluding hydrogens is 320 g/mol. The summed E-state index contributed by atoms with van der Waals surface area (Å²) in [5.41, 5.74) is 2.16. The second-order valence-corrected chi connectivity index (χ2v) is 5.65. The summed E-state index contributed by atoms with van der Waals surface area (Å²) in [6, 6.07) is 11.0. The predicted molar refractivity (Wildman–Crippen MR) is 91.7 cm³/mol. The molecule has 1 aromatic carbocycles. The van der Waals surface area contributed by atoms with Gasteiger partial charge in [-0.3, -0.25) is 0 Å². The van der Waals surface area contributed by atoms with E-state index in [9.17, 15) is 9.90 Å². The Hall–Kier alpha value is -3.06. The van der Waals surface area contributed by atoms with Gasteiger partial charge >= 0.3 is 6.03 Å². The monoisotopic (exact) mass is 340 g/mol. The van der Waals surface area contributed by atoms with E-state index >= 15 is 0 Å². The molecule has 2 amide bonds. The molecule has 0 aliphatic carbocycles. The number of benzene rings is 1. The van der Waals surface area contributed by atoms with Gasteiger partial charge in [0.05, 0.1) is 19.1 Å². The fourth-order valence-corrected chi connectivity index (χ4v) is 2.37. The third-order valence-corrected chi connectivity index (χ3v) is 3.73. The van der Waals surface area contributed by atoms with E-state index in [1.165, 1.54) is 6.26 Å². The number of nitrogens with one attached hydrogen (secondary N) is 2. The second kappa shape index (κ2) is 8.16. The number of furan rings is 1. The molecular formula is C18H20N4O3. The van der Waals surface area contributed by atoms with Crippen molar-refractivity contribution in [1.82, 2.24) is 20.2 Å². The van der Waals surface area contributed by atoms with Gasteiger partial charge in [0.15, 0.2) is 0 Å². The Kier molecular flexibility index (Phi) is 5.48. The van der Waals surface area contributed by atoms with E-state index in [4.69, 9.17) is 4.42 Å². The lowest BCUT2D eigenvalue weighted by Crippen LogP contribution is -2.37. The van der Waals surface area contributed by atoms with Crippen molar-refractivity contribution < 1.29 is 14.3 Å². The highest BCUT2D eigenvalue weighted by Gasteiger charge is 2.11. The quantitative estimate of drug-likeness (QED) is 0.614. The average Bonchev–Trinajstić information content (AvgIpc) is 3.33. The maximum atomic E-state index is 11.8. The molecule has 2 heterocycles. The molecule has 0 saturated carbocycles. The Balaban J connectivity index is 1.41. The minimum absolute atomic E-state index is 0.0865. The Morgan fingerprint density at radius 3 is 2.68 bits per heavy atom. The first kappa shape index (κ1) is 16.8. The van der Waals surface area contributed by atoms with E-state index in [0.29, 0.717) is 12.3 Å². The molecule has 0 radical (unpaired) electrons. The first-order valence-electron chi connectivity index (χ1n) is 7.97. The number of amides is 2. The number of aliphatic hydroxyl groups excluding tert-OH is 1. The van der Waals surface area contributed by atoms with E-state index in [1.807, 2.05) is 35.0 Å². The highest BCUT2D eigenvalue weighted by atomic mass is 16.4. The SMILES string of the molecule is O=C(NCc1ccc(Cn2ccnc2)cc1)NCC(O)c1ccco1. The molecule has 7 nitrogen and oxygen atoms in total. The number of carbonyl (C=O) groups excluding carboxylic acids is 1. The van der Waals surface area contributed by atoms with Crippen LogP contribution in [0.15, 0.2) is 65.8 Å². The van der Waals surface area contributed by atoms with Crippen molar-refractivity contribution in [3.05, 3.63) is 78.3 Å². The van der Waals surface area contributed by atoms with Crippen molar-refractivity contribution in [3.63, 3.8) is 0 Å². The lowest BCUT2D eigenvalue weighted by molar-refractivity contribution is 0.148. The molecule has 0 spiro atoms. The largest absolute Gasteiger partial charge is 0.467 e. The van der Waals surface area contributed by atoms with Crippen LogP contribution in [0, 0.1) is 0 Å². The summed E-state index contributed by atoms with van der Waals surface area (Å²) >= 11 is 0. The molecule has 2 aromatic heterocycles. The maximum Gasteiger partial charge on any atom is 0.315 e. The minimum Gasteiger partial charge on any atom is -0.467 e. The molecule has 3 rings (SSSR count). The third kappa shape index (κ3) is 4.95. The first-order chi connectivity index (χ1) is 12.2. The van der Waals surface area contributed by atoms with Gasteiger partial charge in [-0.2, -0.15) is 0 Å². The van der Waals surface area contributed by atoms with Crippen LogP contribution >= 0.6 is 0 Å². The molecule has 0 bridgehead atoms. The van der Waals surface area contributed by atoms with E-state index < -0.39 is 6.10 Å². The van der Waals surface area contributed by atoms with Crippen molar-refractivity contribution in [2.75, 3.05) is 6.54 Å². The molecule has 7 heteroatoms. The number of aromatic nitrogens is 2. The highest BCUT2D eigenvalue weighted by Crippen LogP contribution is 2.11. The fourth-order valence-electron chi connectivity index (χ4n) is 2.37. The van der Waals surface area contributed by atoms with Crippen LogP contribution in [-0.2, 0) is 13.1 Å². The van der Waals surface area contributed by atoms with Gasteiger partial charge in [-0.05, 0) is 23.3 Å². The minimum atomic E-state index is -0.858. The zero-order chi connectivity index (χ0) is 17.5. The van der Waals surface area contributed by atoms with Gasteiger partial charge < -0.3 is 24.7 Å². The van der Waals surface area contributed by atoms with Gasteiger partial charge in [-0.25, -0.2) is 9.78 Å². The molecule has 1 atom stereocenters. The highest BCUT2D eigenvalue weighted by molar-refractivity contribution is 5.73. The van der Waals surface area contributed by atoms with Crippen LogP contribution in [0.2, 0.25) is 0 Å². The van der Waals surface area contributed by atoms with Crippen molar-refractivity contribution in [1.29, 1.82) is 0 Å². The summed E-state index contributed by atoms with van der Waals surface area (Å²) in [4.78, 5) is 15.8. The predicted octanol–water partition coefficient (Wildman–Crippen LogP) is 2.06. The Labute approximate surface area is 145 Å². The number of nitrogens with zero attached hydrogens (tertiary/aromatic N) is 2. The normalized spacial score (nSPS) is 11.9. The number of carbonyl (C=O) groups is 1. The van der Waals surface area contributed by atoms with Crippen LogP contribution in [-0.4, -0.2) is 27.2 Å². The van der Waals surface area contributed by atoms with Crippen LogP contribution in [0.3, 0.4) is 0 Å². The molecule has 25 heavy (non-hydrogen) atoms. The zero-order valence-corrected chi connectivity index (χ0v) is 13.6. The molecule has 0 aliphatic heterocycles. The van der Waals surface area contributed by atoms with Crippen molar-refractivity contribution in [2.24, 2.45) is 0 Å². The summed E-state index contributed by atoms with van der Waals surface area (Å²) in [5.74, 6) is 0.425. The van der Waals surface area contributed by atoms with Gasteiger partial charge in [-0.1, -0.05) is 24.3 Å². The smallest absolute Gasteiger partial charge is 0.315 e. The van der Waals surface area contributed by atoms with E-state index in [0.717, 1.165) is 17.7 Å². The standard InChI is InChI=1S/C18H20N4O3/c23-16(17-2-1-9-25-17)11-21-18(24)20-10-14-3-5-15(6-4-14)12-22-8-7-19-13-22/h1-9,13,16,23H,10-12H2,(H2,20,21,24). The number of aliphatic hydroxyl groups is 1. The molecule has 3 N–H and O–H groups in total. The van der Waals surface area contributed by atoms with E-state index in [-0.39, 0.29) is 12.6 Å². The van der Waals surface area contributed by atoms with Crippen LogP contribution in [0.25, 0.3) is 0 Å². The molecule has 0 fully saturated rings. The van der Waals surface area contributed by atoms with E-state index in [2.05, 4.69) is 15.6 Å². The van der Waals surface area contributed by atoms with Gasteiger partial charge in [0.25, 0.3) is 0 Å². The third-order valence-electron chi connectivity index (χ3n) is 3.73. The summed E-state index contributed by atoms with van der Waals surface area (Å²) in [6.45, 7) is 1.26. The molecule has 1 unspecified atom stereocenters. The van der Waals surface area contributed by atoms with Crippen LogP contribution in [0.4, 0.5) is 4.79 Å². The molecule has 130 valence electrons. The molecule has 0 aliphatic rings. The number of hydrogen-bond acceptors (Lipinski definition) is 4. The van der Waals surface area contributed by atoms with Crippen molar-refractivity contribution in [2.45, 2.75) is 19.2 Å². The summed E-state index contributed by atoms with van der Waals surface area (Å²) in [5, 5.41) is 15.2. The number of imidazole rings is 1. The maximum absolute atomic E-state index is 11.8. The Morgan fingerprint density at radius 1 is 1.20 bits per heavy atom. The van der Waals surface area contributed by atoms with Crippen molar-refractivity contribution in [3.8, 4) is 0 Å². The van der Waals surface area contributed by atoms with E-state index in [1.54, 1.807) is 24.7 Å². The lowest BCUT2D eigenvalue weighted by Gasteiger charge is -2.11. The van der Waals surface area contributed by atoms with Gasteiger partial charge in [0.1, 0.15) is 11.9 Å². The Morgan fingerprint density at radius 2 is 2.00 bits per heavy atom. The molecule has 3 aromatic rings. The fraction of sp³-hybridized carbons (Fsp3) is 0.222. The topological polar surface area (TPSA) is 92.3 Å². The average molecular weight is 340 g/mol. The van der Waals surface area contributed by atoms with Crippen LogP contribution < -0.4 is 10.6 Å². The number of urea groups is 1. The number of hydrogen-bond donors (Lipinski definition) is 3. The summed E-state index contributed by atoms with van der Waals surface area (Å²) < 4.78 is 7.07. The summed E-state index contributed by atoms with van der Waals surface area (Å²) in [6.07, 6.45) is 6.06. The van der Waals surface area contributed by atoms with Gasteiger partial charge in [0.2, 0.25) is 0 Å². The zero-order valence-electron chi connectivity index (χ0n) is 13.6. The van der Waals surface area contributed by atoms with Gasteiger partial charge in [0, 0.05) is 25.5 Å². The van der Waals surface area contributed by atoms with Crippen LogP contribution in [0.5, 0.6) is 0 Å². The molecule has 0 saturated heterocycles. The summed E-state index contributed by atoms with van der Waals surface area (Å²) in [7, 11) is 0.